The van der Waals surface area contributed by atoms with Crippen molar-refractivity contribution in [2.45, 2.75) is 20.1 Å². The van der Waals surface area contributed by atoms with Crippen LogP contribution in [0.2, 0.25) is 0 Å². The van der Waals surface area contributed by atoms with Crippen LogP contribution in [0.15, 0.2) is 61.4 Å². The molecule has 4 aromatic heterocycles. The van der Waals surface area contributed by atoms with Gasteiger partial charge < -0.3 is 20.1 Å². The number of anilines is 1. The Morgan fingerprint density at radius 3 is 2.83 bits per heavy atom. The summed E-state index contributed by atoms with van der Waals surface area (Å²) in [4.78, 5) is 17.4. The van der Waals surface area contributed by atoms with Gasteiger partial charge in [-0.05, 0) is 24.3 Å². The van der Waals surface area contributed by atoms with E-state index >= 15 is 0 Å². The summed E-state index contributed by atoms with van der Waals surface area (Å²) in [5.74, 6) is 0.215. The van der Waals surface area contributed by atoms with Crippen molar-refractivity contribution in [3.05, 3.63) is 67.0 Å². The molecule has 1 amide bonds. The number of halogens is 2. The van der Waals surface area contributed by atoms with Gasteiger partial charge in [-0.25, -0.2) is 9.50 Å². The van der Waals surface area contributed by atoms with Gasteiger partial charge in [0.2, 0.25) is 0 Å². The lowest BCUT2D eigenvalue weighted by molar-refractivity contribution is -0.0494. The number of aromatic nitrogens is 7. The predicted molar refractivity (Wildman–Crippen MR) is 139 cm³/mol. The number of carbonyl (C=O) groups excluding carboxylic acids is 1. The molecular formula is C26H25F2N9O3. The number of carbonyl (C=O) groups is 1. The number of hydrogen-bond donors (Lipinski definition) is 2. The minimum absolute atomic E-state index is 0.129. The molecule has 0 unspecified atom stereocenters. The number of aryl methyl sites for hydroxylation is 1. The summed E-state index contributed by atoms with van der Waals surface area (Å²) in [5, 5.41) is 19.0. The van der Waals surface area contributed by atoms with Crippen LogP contribution in [0.25, 0.3) is 16.9 Å². The van der Waals surface area contributed by atoms with Crippen molar-refractivity contribution in [1.82, 2.24) is 39.5 Å². The van der Waals surface area contributed by atoms with Gasteiger partial charge in [-0.15, -0.1) is 0 Å². The molecule has 12 nitrogen and oxygen atoms in total. The lowest BCUT2D eigenvalue weighted by Gasteiger charge is -2.39. The molecule has 6 rings (SSSR count). The fourth-order valence-electron chi connectivity index (χ4n) is 4.59. The summed E-state index contributed by atoms with van der Waals surface area (Å²) in [6.45, 7) is 1.66. The predicted octanol–water partition coefficient (Wildman–Crippen LogP) is 3.58. The largest absolute Gasteiger partial charge is 0.454 e. The van der Waals surface area contributed by atoms with Crippen LogP contribution in [0, 0.1) is 5.41 Å². The highest BCUT2D eigenvalue weighted by molar-refractivity contribution is 6.09. The van der Waals surface area contributed by atoms with E-state index in [4.69, 9.17) is 9.47 Å². The Morgan fingerprint density at radius 2 is 2.05 bits per heavy atom. The first-order chi connectivity index (χ1) is 19.3. The van der Waals surface area contributed by atoms with E-state index in [1.807, 2.05) is 4.68 Å². The van der Waals surface area contributed by atoms with Gasteiger partial charge in [-0.3, -0.25) is 14.2 Å². The zero-order valence-electron chi connectivity index (χ0n) is 21.6. The average Bonchev–Trinajstić information content (AvgIpc) is 3.62. The van der Waals surface area contributed by atoms with Gasteiger partial charge in [-0.1, -0.05) is 6.92 Å². The molecule has 0 bridgehead atoms. The van der Waals surface area contributed by atoms with Gasteiger partial charge in [0, 0.05) is 50.7 Å². The minimum atomic E-state index is -3.07. The molecule has 1 aromatic carbocycles. The van der Waals surface area contributed by atoms with Gasteiger partial charge in [-0.2, -0.15) is 24.1 Å². The number of ether oxygens (including phenoxy) is 2. The van der Waals surface area contributed by atoms with Gasteiger partial charge in [0.15, 0.2) is 11.4 Å². The highest BCUT2D eigenvalue weighted by Gasteiger charge is 2.32. The Balaban J connectivity index is 1.30. The maximum atomic E-state index is 13.3. The standard InChI is InChI=1S/C26H25F2N9O3/c1-26(13-29-14-26)15-36-11-17(9-31-36)39-16-4-5-21(40-25(27)28)18(8-16)22-20(12-35(2)34-22)33-24(38)19-10-32-37-7-3-6-30-23(19)37/h3-12,25,29H,13-15H2,1-2H3,(H,33,38). The van der Waals surface area contributed by atoms with Crippen LogP contribution in [-0.2, 0) is 13.6 Å². The average molecular weight is 550 g/mol. The quantitative estimate of drug-likeness (QED) is 0.286. The van der Waals surface area contributed by atoms with Crippen LogP contribution in [0.1, 0.15) is 17.3 Å². The van der Waals surface area contributed by atoms with Crippen LogP contribution in [-0.4, -0.2) is 59.8 Å². The third kappa shape index (κ3) is 5.08. The number of nitrogens with one attached hydrogen (secondary N) is 2. The maximum Gasteiger partial charge on any atom is 0.387 e. The van der Waals surface area contributed by atoms with Crippen molar-refractivity contribution in [2.24, 2.45) is 12.5 Å². The van der Waals surface area contributed by atoms with E-state index in [1.165, 1.54) is 33.6 Å². The van der Waals surface area contributed by atoms with Crippen molar-refractivity contribution < 1.29 is 23.0 Å². The van der Waals surface area contributed by atoms with Crippen LogP contribution in [0.5, 0.6) is 17.2 Å². The highest BCUT2D eigenvalue weighted by Crippen LogP contribution is 2.39. The monoisotopic (exact) mass is 549 g/mol. The summed E-state index contributed by atoms with van der Waals surface area (Å²) < 4.78 is 42.1. The third-order valence-corrected chi connectivity index (χ3v) is 6.52. The summed E-state index contributed by atoms with van der Waals surface area (Å²) in [6, 6.07) is 6.11. The summed E-state index contributed by atoms with van der Waals surface area (Å²) in [7, 11) is 1.65. The molecule has 206 valence electrons. The van der Waals surface area contributed by atoms with Gasteiger partial charge >= 0.3 is 6.61 Å². The number of benzene rings is 1. The van der Waals surface area contributed by atoms with Crippen LogP contribution >= 0.6 is 0 Å². The Morgan fingerprint density at radius 1 is 1.20 bits per heavy atom. The molecular weight excluding hydrogens is 524 g/mol. The normalized spacial score (nSPS) is 14.3. The van der Waals surface area contributed by atoms with Crippen molar-refractivity contribution in [3.63, 3.8) is 0 Å². The molecule has 14 heteroatoms. The zero-order chi connectivity index (χ0) is 27.9. The second kappa shape index (κ2) is 10.0. The molecule has 1 saturated heterocycles. The molecule has 40 heavy (non-hydrogen) atoms. The molecule has 5 heterocycles. The van der Waals surface area contributed by atoms with E-state index in [-0.39, 0.29) is 33.7 Å². The Hall–Kier alpha value is -4.85. The van der Waals surface area contributed by atoms with Crippen molar-refractivity contribution >= 4 is 17.2 Å². The van der Waals surface area contributed by atoms with Crippen molar-refractivity contribution in [2.75, 3.05) is 18.4 Å². The van der Waals surface area contributed by atoms with E-state index in [9.17, 15) is 13.6 Å². The number of rotatable bonds is 9. The molecule has 2 N–H and O–H groups in total. The second-order valence-electron chi connectivity index (χ2n) is 9.89. The SMILES string of the molecule is Cn1cc(NC(=O)c2cnn3cccnc23)c(-c2cc(Oc3cnn(CC4(C)CNC4)c3)ccc2OC(F)F)n1. The fourth-order valence-corrected chi connectivity index (χ4v) is 4.59. The van der Waals surface area contributed by atoms with Crippen molar-refractivity contribution in [3.8, 4) is 28.5 Å². The molecule has 1 fully saturated rings. The number of fused-ring (bicyclic) bond motifs is 1. The third-order valence-electron chi connectivity index (χ3n) is 6.52. The van der Waals surface area contributed by atoms with Gasteiger partial charge in [0.05, 0.1) is 29.8 Å². The molecule has 0 aliphatic carbocycles. The van der Waals surface area contributed by atoms with E-state index in [0.717, 1.165) is 19.6 Å². The Bertz CT molecular complexity index is 1690. The smallest absolute Gasteiger partial charge is 0.387 e. The molecule has 0 atom stereocenters. The van der Waals surface area contributed by atoms with Crippen molar-refractivity contribution in [1.29, 1.82) is 0 Å². The number of amides is 1. The second-order valence-corrected chi connectivity index (χ2v) is 9.89. The first-order valence-electron chi connectivity index (χ1n) is 12.4. The molecule has 1 aliphatic heterocycles. The first kappa shape index (κ1) is 25.4. The molecule has 0 radical (unpaired) electrons. The lowest BCUT2D eigenvalue weighted by atomic mass is 9.84. The van der Waals surface area contributed by atoms with Crippen LogP contribution < -0.4 is 20.1 Å². The number of nitrogens with zero attached hydrogens (tertiary/aromatic N) is 7. The molecule has 0 saturated carbocycles. The summed E-state index contributed by atoms with van der Waals surface area (Å²) >= 11 is 0. The Kier molecular flexibility index (Phi) is 6.38. The zero-order valence-corrected chi connectivity index (χ0v) is 21.6. The molecule has 0 spiro atoms. The minimum Gasteiger partial charge on any atom is -0.454 e. The summed E-state index contributed by atoms with van der Waals surface area (Å²) in [6.07, 6.45) is 9.56. The number of alkyl halides is 2. The van der Waals surface area contributed by atoms with E-state index in [1.54, 1.807) is 44.1 Å². The fraction of sp³-hybridized carbons (Fsp3) is 0.269. The van der Waals surface area contributed by atoms with Gasteiger partial charge in [0.25, 0.3) is 5.91 Å². The lowest BCUT2D eigenvalue weighted by Crippen LogP contribution is -2.53. The summed E-state index contributed by atoms with van der Waals surface area (Å²) in [5.41, 5.74) is 1.42. The van der Waals surface area contributed by atoms with E-state index < -0.39 is 12.5 Å². The topological polar surface area (TPSA) is 125 Å². The highest BCUT2D eigenvalue weighted by atomic mass is 19.3. The Labute approximate surface area is 226 Å². The van der Waals surface area contributed by atoms with Crippen LogP contribution in [0.3, 0.4) is 0 Å². The maximum absolute atomic E-state index is 13.3. The van der Waals surface area contributed by atoms with E-state index in [2.05, 4.69) is 37.8 Å². The van der Waals surface area contributed by atoms with Gasteiger partial charge in [0.1, 0.15) is 22.8 Å². The first-order valence-corrected chi connectivity index (χ1v) is 12.4. The molecule has 5 aromatic rings. The molecule has 1 aliphatic rings. The number of hydrogen-bond acceptors (Lipinski definition) is 8. The van der Waals surface area contributed by atoms with E-state index in [0.29, 0.717) is 17.1 Å². The van der Waals surface area contributed by atoms with Crippen LogP contribution in [0.4, 0.5) is 14.5 Å².